The summed E-state index contributed by atoms with van der Waals surface area (Å²) >= 11 is 0. The van der Waals surface area contributed by atoms with Gasteiger partial charge in [-0.3, -0.25) is 0 Å². The van der Waals surface area contributed by atoms with Crippen molar-refractivity contribution in [3.63, 3.8) is 0 Å². The molecule has 2 atom stereocenters. The molecule has 2 aliphatic rings. The second kappa shape index (κ2) is 2.72. The van der Waals surface area contributed by atoms with Gasteiger partial charge in [0.25, 0.3) is 0 Å². The van der Waals surface area contributed by atoms with Crippen molar-refractivity contribution < 1.29 is 4.39 Å². The van der Waals surface area contributed by atoms with E-state index in [4.69, 9.17) is 0 Å². The molecule has 3 heteroatoms. The maximum atomic E-state index is 13.4. The highest BCUT2D eigenvalue weighted by molar-refractivity contribution is 5.03. The Morgan fingerprint density at radius 3 is 2.91 bits per heavy atom. The summed E-state index contributed by atoms with van der Waals surface area (Å²) in [5.41, 5.74) is -0.196. The van der Waals surface area contributed by atoms with Crippen LogP contribution in [0.15, 0.2) is 0 Å². The van der Waals surface area contributed by atoms with Crippen molar-refractivity contribution in [3.8, 4) is 0 Å². The van der Waals surface area contributed by atoms with E-state index in [0.29, 0.717) is 0 Å². The Balaban J connectivity index is 2.07. The van der Waals surface area contributed by atoms with Gasteiger partial charge in [0.1, 0.15) is 6.17 Å². The Labute approximate surface area is 66.5 Å². The van der Waals surface area contributed by atoms with E-state index in [1.54, 1.807) is 0 Å². The van der Waals surface area contributed by atoms with E-state index in [0.717, 1.165) is 38.9 Å². The van der Waals surface area contributed by atoms with Gasteiger partial charge in [0, 0.05) is 6.54 Å². The van der Waals surface area contributed by atoms with Crippen molar-refractivity contribution in [2.24, 2.45) is 0 Å². The van der Waals surface area contributed by atoms with Gasteiger partial charge in [-0.2, -0.15) is 0 Å². The van der Waals surface area contributed by atoms with E-state index < -0.39 is 6.17 Å². The van der Waals surface area contributed by atoms with Crippen molar-refractivity contribution in [1.82, 2.24) is 10.6 Å². The minimum absolute atomic E-state index is 0.196. The molecule has 0 amide bonds. The first-order valence-corrected chi connectivity index (χ1v) is 4.43. The Morgan fingerprint density at radius 1 is 1.36 bits per heavy atom. The topological polar surface area (TPSA) is 24.1 Å². The predicted octanol–water partition coefficient (Wildman–Crippen LogP) is 0.440. The molecule has 2 unspecified atom stereocenters. The zero-order valence-electron chi connectivity index (χ0n) is 6.70. The zero-order valence-corrected chi connectivity index (χ0v) is 6.70. The Hall–Kier alpha value is -0.150. The van der Waals surface area contributed by atoms with Crippen LogP contribution in [0.4, 0.5) is 4.39 Å². The second-order valence-corrected chi connectivity index (χ2v) is 3.62. The average Bonchev–Trinajstić information content (AvgIpc) is 2.46. The summed E-state index contributed by atoms with van der Waals surface area (Å²) in [6, 6.07) is 0. The van der Waals surface area contributed by atoms with Gasteiger partial charge >= 0.3 is 0 Å². The third kappa shape index (κ3) is 1.16. The molecular formula is C8H15FN2. The van der Waals surface area contributed by atoms with E-state index in [9.17, 15) is 4.39 Å². The van der Waals surface area contributed by atoms with Gasteiger partial charge in [-0.05, 0) is 32.4 Å². The summed E-state index contributed by atoms with van der Waals surface area (Å²) < 4.78 is 13.4. The number of hydrogen-bond acceptors (Lipinski definition) is 2. The highest BCUT2D eigenvalue weighted by Crippen LogP contribution is 2.28. The van der Waals surface area contributed by atoms with E-state index >= 15 is 0 Å². The van der Waals surface area contributed by atoms with E-state index in [1.807, 2.05) is 0 Å². The van der Waals surface area contributed by atoms with E-state index in [1.165, 1.54) is 0 Å². The molecule has 2 rings (SSSR count). The van der Waals surface area contributed by atoms with Crippen LogP contribution in [-0.2, 0) is 0 Å². The van der Waals surface area contributed by atoms with Crippen LogP contribution in [0.3, 0.4) is 0 Å². The highest BCUT2D eigenvalue weighted by atomic mass is 19.1. The largest absolute Gasteiger partial charge is 0.315 e. The van der Waals surface area contributed by atoms with Crippen molar-refractivity contribution >= 4 is 0 Å². The van der Waals surface area contributed by atoms with Crippen molar-refractivity contribution in [3.05, 3.63) is 0 Å². The molecule has 2 heterocycles. The first-order chi connectivity index (χ1) is 5.33. The molecule has 0 aromatic rings. The molecule has 1 spiro atoms. The van der Waals surface area contributed by atoms with Crippen LogP contribution in [0, 0.1) is 0 Å². The molecule has 2 fully saturated rings. The Morgan fingerprint density at radius 2 is 2.27 bits per heavy atom. The van der Waals surface area contributed by atoms with Crippen LogP contribution in [0.1, 0.15) is 19.3 Å². The third-order valence-electron chi connectivity index (χ3n) is 2.90. The monoisotopic (exact) mass is 158 g/mol. The SMILES string of the molecule is FC1CCCNC12CCNC2. The quantitative estimate of drug-likeness (QED) is 0.534. The standard InChI is InChI=1S/C8H15FN2/c9-7-2-1-4-11-8(7)3-5-10-6-8/h7,10-11H,1-6H2. The molecule has 2 saturated heterocycles. The van der Waals surface area contributed by atoms with Crippen LogP contribution in [0.5, 0.6) is 0 Å². The first-order valence-electron chi connectivity index (χ1n) is 4.43. The van der Waals surface area contributed by atoms with Crippen molar-refractivity contribution in [1.29, 1.82) is 0 Å². The molecule has 2 nitrogen and oxygen atoms in total. The van der Waals surface area contributed by atoms with Gasteiger partial charge in [0.05, 0.1) is 5.54 Å². The van der Waals surface area contributed by atoms with Crippen LogP contribution >= 0.6 is 0 Å². The van der Waals surface area contributed by atoms with E-state index in [-0.39, 0.29) is 5.54 Å². The fourth-order valence-electron chi connectivity index (χ4n) is 2.14. The molecule has 11 heavy (non-hydrogen) atoms. The maximum absolute atomic E-state index is 13.4. The molecule has 2 aliphatic heterocycles. The van der Waals surface area contributed by atoms with Crippen molar-refractivity contribution in [2.75, 3.05) is 19.6 Å². The number of hydrogen-bond donors (Lipinski definition) is 2. The average molecular weight is 158 g/mol. The van der Waals surface area contributed by atoms with Crippen LogP contribution < -0.4 is 10.6 Å². The lowest BCUT2D eigenvalue weighted by Gasteiger charge is -2.37. The van der Waals surface area contributed by atoms with Gasteiger partial charge in [0.15, 0.2) is 0 Å². The normalized spacial score (nSPS) is 45.0. The molecule has 2 N–H and O–H groups in total. The first kappa shape index (κ1) is 7.50. The summed E-state index contributed by atoms with van der Waals surface area (Å²) in [6.45, 7) is 2.77. The fourth-order valence-corrected chi connectivity index (χ4v) is 2.14. The van der Waals surface area contributed by atoms with Crippen LogP contribution in [0.2, 0.25) is 0 Å². The highest BCUT2D eigenvalue weighted by Gasteiger charge is 2.42. The molecule has 0 radical (unpaired) electrons. The third-order valence-corrected chi connectivity index (χ3v) is 2.90. The summed E-state index contributed by atoms with van der Waals surface area (Å²) in [7, 11) is 0. The predicted molar refractivity (Wildman–Crippen MR) is 42.4 cm³/mol. The lowest BCUT2D eigenvalue weighted by Crippen LogP contribution is -2.57. The fraction of sp³-hybridized carbons (Fsp3) is 1.00. The van der Waals surface area contributed by atoms with Gasteiger partial charge in [-0.1, -0.05) is 0 Å². The molecule has 64 valence electrons. The maximum Gasteiger partial charge on any atom is 0.120 e. The van der Waals surface area contributed by atoms with Gasteiger partial charge in [0.2, 0.25) is 0 Å². The zero-order chi connectivity index (χ0) is 7.73. The lowest BCUT2D eigenvalue weighted by atomic mass is 9.86. The molecule has 0 aliphatic carbocycles. The number of alkyl halides is 1. The van der Waals surface area contributed by atoms with Crippen LogP contribution in [-0.4, -0.2) is 31.3 Å². The van der Waals surface area contributed by atoms with Crippen molar-refractivity contribution in [2.45, 2.75) is 31.0 Å². The summed E-state index contributed by atoms with van der Waals surface area (Å²) in [4.78, 5) is 0. The Kier molecular flexibility index (Phi) is 1.85. The summed E-state index contributed by atoms with van der Waals surface area (Å²) in [6.07, 6.45) is 2.05. The number of halogens is 1. The molecule has 0 bridgehead atoms. The molecule has 0 aromatic carbocycles. The molecule has 0 saturated carbocycles. The lowest BCUT2D eigenvalue weighted by molar-refractivity contribution is 0.122. The van der Waals surface area contributed by atoms with E-state index in [2.05, 4.69) is 10.6 Å². The smallest absolute Gasteiger partial charge is 0.120 e. The van der Waals surface area contributed by atoms with Gasteiger partial charge in [-0.15, -0.1) is 0 Å². The minimum atomic E-state index is -0.633. The minimum Gasteiger partial charge on any atom is -0.315 e. The Bertz CT molecular complexity index is 143. The number of rotatable bonds is 0. The van der Waals surface area contributed by atoms with Crippen LogP contribution in [0.25, 0.3) is 0 Å². The molecular weight excluding hydrogens is 143 g/mol. The second-order valence-electron chi connectivity index (χ2n) is 3.62. The van der Waals surface area contributed by atoms with Gasteiger partial charge < -0.3 is 10.6 Å². The summed E-state index contributed by atoms with van der Waals surface area (Å²) in [5, 5.41) is 6.52. The van der Waals surface area contributed by atoms with Gasteiger partial charge in [-0.25, -0.2) is 4.39 Å². The molecule has 0 aromatic heterocycles. The number of piperidine rings is 1. The summed E-state index contributed by atoms with van der Waals surface area (Å²) in [5.74, 6) is 0. The number of nitrogens with one attached hydrogen (secondary N) is 2.